The molecule has 0 atom stereocenters. The molecule has 0 radical (unpaired) electrons. The highest BCUT2D eigenvalue weighted by Gasteiger charge is 2.51. The highest BCUT2D eigenvalue weighted by molar-refractivity contribution is 5.97. The normalized spacial score (nSPS) is 12.9. The molecule has 10 rings (SSSR count). The topological polar surface area (TPSA) is 39.4 Å². The molecule has 1 aliphatic carbocycles. The van der Waals surface area contributed by atoms with Crippen LogP contribution in [0.2, 0.25) is 0 Å². The summed E-state index contributed by atoms with van der Waals surface area (Å²) in [5.41, 5.74) is 13.1. The third-order valence-electron chi connectivity index (χ3n) is 10.4. The summed E-state index contributed by atoms with van der Waals surface area (Å²) in [4.78, 5) is 14.4. The number of ether oxygens (including phenoxy) is 1. The van der Waals surface area contributed by atoms with Crippen molar-refractivity contribution in [2.75, 3.05) is 0 Å². The van der Waals surface area contributed by atoms with E-state index in [1.165, 1.54) is 0 Å². The van der Waals surface area contributed by atoms with Crippen LogP contribution in [0.3, 0.4) is 0 Å². The zero-order chi connectivity index (χ0) is 34.6. The lowest BCUT2D eigenvalue weighted by molar-refractivity contribution is 0.436. The lowest BCUT2D eigenvalue weighted by Crippen LogP contribution is -2.32. The molecule has 242 valence electrons. The average Bonchev–Trinajstić information content (AvgIpc) is 3.51. The first kappa shape index (κ1) is 29.8. The van der Waals surface area contributed by atoms with Crippen molar-refractivity contribution in [1.29, 1.82) is 0 Å². The van der Waals surface area contributed by atoms with E-state index < -0.39 is 5.41 Å². The molecule has 0 saturated carbocycles. The third-order valence-corrected chi connectivity index (χ3v) is 10.4. The highest BCUT2D eigenvalue weighted by Crippen LogP contribution is 2.63. The first-order valence-electron chi connectivity index (χ1n) is 17.4. The van der Waals surface area contributed by atoms with Crippen LogP contribution in [0.1, 0.15) is 22.3 Å². The number of rotatable bonds is 4. The van der Waals surface area contributed by atoms with Gasteiger partial charge in [-0.05, 0) is 57.6 Å². The Morgan fingerprint density at radius 3 is 1.63 bits per heavy atom. The van der Waals surface area contributed by atoms with Crippen LogP contribution in [-0.2, 0) is 5.41 Å². The zero-order valence-electron chi connectivity index (χ0n) is 28.0. The van der Waals surface area contributed by atoms with E-state index in [1.54, 1.807) is 0 Å². The quantitative estimate of drug-likeness (QED) is 0.176. The summed E-state index contributed by atoms with van der Waals surface area (Å²) in [7, 11) is 0. The first-order chi connectivity index (χ1) is 25.7. The van der Waals surface area contributed by atoms with Crippen molar-refractivity contribution in [3.8, 4) is 67.7 Å². The van der Waals surface area contributed by atoms with Gasteiger partial charge in [-0.2, -0.15) is 0 Å². The second-order valence-corrected chi connectivity index (χ2v) is 13.2. The molecule has 2 aliphatic rings. The first-order valence-corrected chi connectivity index (χ1v) is 17.4. The summed E-state index contributed by atoms with van der Waals surface area (Å²) in [6, 6.07) is 60.4. The number of benzene rings is 7. The Morgan fingerprint density at radius 1 is 0.442 bits per heavy atom. The number of aromatic nitrogens is 2. The van der Waals surface area contributed by atoms with Crippen molar-refractivity contribution in [2.45, 2.75) is 5.41 Å². The van der Waals surface area contributed by atoms with Gasteiger partial charge in [0.15, 0.2) is 11.5 Å². The summed E-state index contributed by atoms with van der Waals surface area (Å²) >= 11 is 0. The lowest BCUT2D eigenvalue weighted by atomic mass is 9.66. The van der Waals surface area contributed by atoms with Crippen molar-refractivity contribution in [3.05, 3.63) is 210 Å². The van der Waals surface area contributed by atoms with Gasteiger partial charge in [0.1, 0.15) is 11.5 Å². The van der Waals surface area contributed by atoms with Crippen molar-refractivity contribution in [2.24, 2.45) is 0 Å². The van der Waals surface area contributed by atoms with Crippen molar-refractivity contribution in [1.82, 2.24) is 9.97 Å². The van der Waals surface area contributed by atoms with E-state index in [-0.39, 0.29) is 0 Å². The van der Waals surface area contributed by atoms with E-state index in [2.05, 4.69) is 102 Å². The van der Waals surface area contributed by atoms with Crippen molar-refractivity contribution < 1.29 is 4.74 Å². The van der Waals surface area contributed by atoms with E-state index in [1.807, 2.05) is 78.9 Å². The Balaban J connectivity index is 1.21. The molecule has 1 aliphatic heterocycles. The molecular weight excluding hydrogens is 635 g/mol. The van der Waals surface area contributed by atoms with Crippen LogP contribution in [-0.4, -0.2) is 9.97 Å². The van der Waals surface area contributed by atoms with Crippen LogP contribution in [0.25, 0.3) is 61.0 Å². The van der Waals surface area contributed by atoms with Gasteiger partial charge >= 0.3 is 0 Å². The lowest BCUT2D eigenvalue weighted by Gasteiger charge is -2.39. The van der Waals surface area contributed by atoms with Crippen molar-refractivity contribution in [3.63, 3.8) is 0 Å². The van der Waals surface area contributed by atoms with Gasteiger partial charge in [0.2, 0.25) is 0 Å². The maximum absolute atomic E-state index is 8.28. The molecule has 52 heavy (non-hydrogen) atoms. The van der Waals surface area contributed by atoms with E-state index in [4.69, 9.17) is 21.3 Å². The fourth-order valence-corrected chi connectivity index (χ4v) is 8.21. The third kappa shape index (κ3) is 4.40. The standard InChI is InChI=1S/C48H29N3O/c1-49-41-24-14-23-40-46(41)36-29-33(27-28-37(36)48(40)38-21-10-12-25-44(38)52-45-26-13-11-22-39(45)48)34-19-8-9-20-35(34)47-50-42(31-15-4-2-5-16-31)30-43(51-47)32-17-6-3-7-18-32/h2-30H. The Labute approximate surface area is 302 Å². The summed E-state index contributed by atoms with van der Waals surface area (Å²) in [6.07, 6.45) is 0. The Bertz CT molecular complexity index is 2630. The van der Waals surface area contributed by atoms with Gasteiger partial charge in [-0.25, -0.2) is 14.8 Å². The smallest absolute Gasteiger partial charge is 0.195 e. The van der Waals surface area contributed by atoms with Gasteiger partial charge in [-0.3, -0.25) is 0 Å². The molecule has 0 unspecified atom stereocenters. The summed E-state index contributed by atoms with van der Waals surface area (Å²) in [5.74, 6) is 2.31. The molecule has 4 heteroatoms. The highest BCUT2D eigenvalue weighted by atomic mass is 16.5. The Morgan fingerprint density at radius 2 is 1.00 bits per heavy atom. The molecule has 1 spiro atoms. The zero-order valence-corrected chi connectivity index (χ0v) is 28.0. The number of para-hydroxylation sites is 2. The Hall–Kier alpha value is -7.09. The summed E-state index contributed by atoms with van der Waals surface area (Å²) in [6.45, 7) is 8.28. The molecule has 0 fully saturated rings. The van der Waals surface area contributed by atoms with Crippen LogP contribution >= 0.6 is 0 Å². The molecular formula is C48H29N3O. The van der Waals surface area contributed by atoms with Crippen LogP contribution in [0.15, 0.2) is 176 Å². The van der Waals surface area contributed by atoms with Gasteiger partial charge in [0.05, 0.1) is 23.4 Å². The number of hydrogen-bond donors (Lipinski definition) is 0. The maximum atomic E-state index is 8.28. The number of nitrogens with zero attached hydrogens (tertiary/aromatic N) is 3. The van der Waals surface area contributed by atoms with Gasteiger partial charge in [0, 0.05) is 27.8 Å². The minimum absolute atomic E-state index is 0.633. The van der Waals surface area contributed by atoms with Gasteiger partial charge in [0.25, 0.3) is 0 Å². The predicted molar refractivity (Wildman–Crippen MR) is 207 cm³/mol. The second-order valence-electron chi connectivity index (χ2n) is 13.2. The van der Waals surface area contributed by atoms with E-state index in [0.717, 1.165) is 84.1 Å². The van der Waals surface area contributed by atoms with Crippen LogP contribution in [0, 0.1) is 6.57 Å². The van der Waals surface area contributed by atoms with Crippen LogP contribution in [0.5, 0.6) is 11.5 Å². The van der Waals surface area contributed by atoms with Gasteiger partial charge in [-0.15, -0.1) is 0 Å². The fourth-order valence-electron chi connectivity index (χ4n) is 8.21. The molecule has 0 amide bonds. The minimum Gasteiger partial charge on any atom is -0.457 e. The second kappa shape index (κ2) is 11.8. The molecule has 7 aromatic carbocycles. The molecule has 4 nitrogen and oxygen atoms in total. The predicted octanol–water partition coefficient (Wildman–Crippen LogP) is 12.2. The average molecular weight is 664 g/mol. The largest absolute Gasteiger partial charge is 0.457 e. The maximum Gasteiger partial charge on any atom is 0.195 e. The number of hydrogen-bond acceptors (Lipinski definition) is 3. The van der Waals surface area contributed by atoms with Crippen LogP contribution < -0.4 is 4.74 Å². The molecule has 0 N–H and O–H groups in total. The van der Waals surface area contributed by atoms with Gasteiger partial charge < -0.3 is 4.74 Å². The summed E-state index contributed by atoms with van der Waals surface area (Å²) < 4.78 is 6.52. The van der Waals surface area contributed by atoms with Gasteiger partial charge in [-0.1, -0.05) is 152 Å². The molecule has 1 aromatic heterocycles. The van der Waals surface area contributed by atoms with Crippen LogP contribution in [0.4, 0.5) is 5.69 Å². The summed E-state index contributed by atoms with van der Waals surface area (Å²) in [5, 5.41) is 0. The van der Waals surface area contributed by atoms with E-state index in [0.29, 0.717) is 11.5 Å². The monoisotopic (exact) mass is 663 g/mol. The molecule has 0 saturated heterocycles. The number of fused-ring (bicyclic) bond motifs is 9. The van der Waals surface area contributed by atoms with Crippen molar-refractivity contribution >= 4 is 5.69 Å². The Kier molecular flexibility index (Phi) is 6.74. The minimum atomic E-state index is -0.646. The molecule has 2 heterocycles. The molecule has 8 aromatic rings. The van der Waals surface area contributed by atoms with E-state index in [9.17, 15) is 0 Å². The fraction of sp³-hybridized carbons (Fsp3) is 0.0208. The SMILES string of the molecule is [C-]#[N+]c1cccc2c1-c1cc(-c3ccccc3-c3nc(-c4ccccc4)cc(-c4ccccc4)n3)ccc1C21c2ccccc2Oc2ccccc21. The molecule has 0 bridgehead atoms. The van der Waals surface area contributed by atoms with E-state index >= 15 is 0 Å².